The molecule has 5 heteroatoms. The average molecular weight is 264 g/mol. The van der Waals surface area contributed by atoms with Crippen molar-refractivity contribution in [2.75, 3.05) is 20.2 Å². The number of carboxylic acid groups (broad SMARTS) is 1. The fourth-order valence-corrected chi connectivity index (χ4v) is 2.71. The van der Waals surface area contributed by atoms with E-state index in [0.717, 1.165) is 29.0 Å². The molecule has 1 aromatic rings. The molecule has 1 aliphatic heterocycles. The molecule has 0 bridgehead atoms. The summed E-state index contributed by atoms with van der Waals surface area (Å²) in [4.78, 5) is 11.4. The van der Waals surface area contributed by atoms with Crippen LogP contribution in [0.4, 0.5) is 0 Å². The maximum atomic E-state index is 11.4. The summed E-state index contributed by atoms with van der Waals surface area (Å²) in [6, 6.07) is 3.12. The first-order valence-corrected chi connectivity index (χ1v) is 6.39. The number of nitrogens with one attached hydrogen (secondary N) is 2. The van der Waals surface area contributed by atoms with Crippen LogP contribution in [-0.2, 0) is 4.79 Å². The summed E-state index contributed by atoms with van der Waals surface area (Å²) in [5.41, 5.74) is 3.03. The molecule has 0 saturated carbocycles. The molecule has 5 nitrogen and oxygen atoms in total. The molecule has 2 rings (SSSR count). The predicted molar refractivity (Wildman–Crippen MR) is 72.6 cm³/mol. The molecule has 19 heavy (non-hydrogen) atoms. The molecule has 1 heterocycles. The van der Waals surface area contributed by atoms with Crippen LogP contribution in [0.1, 0.15) is 22.7 Å². The van der Waals surface area contributed by atoms with Crippen LogP contribution >= 0.6 is 0 Å². The van der Waals surface area contributed by atoms with Gasteiger partial charge in [-0.25, -0.2) is 0 Å². The van der Waals surface area contributed by atoms with Gasteiger partial charge in [-0.3, -0.25) is 4.79 Å². The lowest BCUT2D eigenvalue weighted by atomic mass is 9.93. The van der Waals surface area contributed by atoms with Gasteiger partial charge in [0, 0.05) is 18.7 Å². The van der Waals surface area contributed by atoms with E-state index < -0.39 is 12.0 Å². The molecule has 1 aliphatic rings. The van der Waals surface area contributed by atoms with Crippen LogP contribution in [-0.4, -0.2) is 37.3 Å². The normalized spacial score (nSPS) is 23.1. The van der Waals surface area contributed by atoms with Gasteiger partial charge in [-0.2, -0.15) is 0 Å². The number of hydrogen-bond acceptors (Lipinski definition) is 4. The lowest BCUT2D eigenvalue weighted by molar-refractivity contribution is -0.140. The quantitative estimate of drug-likeness (QED) is 0.760. The van der Waals surface area contributed by atoms with E-state index in [4.69, 9.17) is 4.74 Å². The molecule has 2 unspecified atom stereocenters. The number of benzene rings is 1. The molecule has 104 valence electrons. The van der Waals surface area contributed by atoms with E-state index in [9.17, 15) is 9.90 Å². The van der Waals surface area contributed by atoms with E-state index in [-0.39, 0.29) is 6.04 Å². The molecule has 0 aliphatic carbocycles. The maximum Gasteiger partial charge on any atom is 0.322 e. The second-order valence-electron chi connectivity index (χ2n) is 4.91. The van der Waals surface area contributed by atoms with Gasteiger partial charge in [-0.1, -0.05) is 17.7 Å². The van der Waals surface area contributed by atoms with E-state index in [1.807, 2.05) is 26.0 Å². The van der Waals surface area contributed by atoms with Crippen LogP contribution in [0.5, 0.6) is 5.75 Å². The third-order valence-corrected chi connectivity index (χ3v) is 3.44. The number of carbonyl (C=O) groups is 1. The van der Waals surface area contributed by atoms with Gasteiger partial charge < -0.3 is 20.5 Å². The Morgan fingerprint density at radius 2 is 2.00 bits per heavy atom. The second kappa shape index (κ2) is 5.59. The highest BCUT2D eigenvalue weighted by Gasteiger charge is 2.33. The Morgan fingerprint density at radius 1 is 1.32 bits per heavy atom. The van der Waals surface area contributed by atoms with E-state index in [1.165, 1.54) is 0 Å². The number of aryl methyl sites for hydroxylation is 2. The summed E-state index contributed by atoms with van der Waals surface area (Å²) in [5.74, 6) is -0.0866. The van der Waals surface area contributed by atoms with Gasteiger partial charge in [-0.05, 0) is 19.4 Å². The van der Waals surface area contributed by atoms with Gasteiger partial charge in [0.15, 0.2) is 0 Å². The number of ether oxygens (including phenoxy) is 1. The Labute approximate surface area is 113 Å². The number of rotatable bonds is 3. The van der Waals surface area contributed by atoms with Crippen molar-refractivity contribution < 1.29 is 14.6 Å². The van der Waals surface area contributed by atoms with Crippen molar-refractivity contribution in [2.24, 2.45) is 0 Å². The van der Waals surface area contributed by atoms with Gasteiger partial charge in [0.05, 0.1) is 13.2 Å². The van der Waals surface area contributed by atoms with Crippen molar-refractivity contribution in [3.05, 3.63) is 28.8 Å². The monoisotopic (exact) mass is 264 g/mol. The molecule has 0 aromatic heterocycles. The van der Waals surface area contributed by atoms with E-state index in [0.29, 0.717) is 6.54 Å². The summed E-state index contributed by atoms with van der Waals surface area (Å²) >= 11 is 0. The molecule has 1 saturated heterocycles. The van der Waals surface area contributed by atoms with Gasteiger partial charge in [0.25, 0.3) is 0 Å². The third kappa shape index (κ3) is 2.72. The van der Waals surface area contributed by atoms with Crippen LogP contribution in [0.2, 0.25) is 0 Å². The van der Waals surface area contributed by atoms with Crippen molar-refractivity contribution >= 4 is 5.97 Å². The molecular formula is C14H20N2O3. The van der Waals surface area contributed by atoms with E-state index >= 15 is 0 Å². The van der Waals surface area contributed by atoms with E-state index in [1.54, 1.807) is 7.11 Å². The first-order valence-electron chi connectivity index (χ1n) is 6.39. The van der Waals surface area contributed by atoms with Crippen molar-refractivity contribution in [1.82, 2.24) is 10.6 Å². The number of carboxylic acids is 1. The van der Waals surface area contributed by atoms with Gasteiger partial charge in [0.1, 0.15) is 11.8 Å². The Kier molecular flexibility index (Phi) is 4.07. The first-order chi connectivity index (χ1) is 9.04. The fourth-order valence-electron chi connectivity index (χ4n) is 2.71. The molecule has 2 atom stereocenters. The van der Waals surface area contributed by atoms with Crippen molar-refractivity contribution in [3.63, 3.8) is 0 Å². The lowest BCUT2D eigenvalue weighted by Gasteiger charge is -2.32. The minimum absolute atomic E-state index is 0.278. The van der Waals surface area contributed by atoms with Gasteiger partial charge in [-0.15, -0.1) is 0 Å². The number of hydrogen-bond donors (Lipinski definition) is 3. The van der Waals surface area contributed by atoms with Gasteiger partial charge in [0.2, 0.25) is 0 Å². The molecular weight excluding hydrogens is 244 g/mol. The highest BCUT2D eigenvalue weighted by molar-refractivity contribution is 5.75. The largest absolute Gasteiger partial charge is 0.496 e. The van der Waals surface area contributed by atoms with Crippen LogP contribution in [0.15, 0.2) is 12.1 Å². The Bertz CT molecular complexity index is 488. The van der Waals surface area contributed by atoms with Crippen molar-refractivity contribution in [2.45, 2.75) is 25.9 Å². The maximum absolute atomic E-state index is 11.4. The zero-order valence-electron chi connectivity index (χ0n) is 11.5. The topological polar surface area (TPSA) is 70.6 Å². The van der Waals surface area contributed by atoms with Crippen LogP contribution in [0.3, 0.4) is 0 Å². The Morgan fingerprint density at radius 3 is 2.63 bits per heavy atom. The molecule has 3 N–H and O–H groups in total. The zero-order valence-corrected chi connectivity index (χ0v) is 11.5. The highest BCUT2D eigenvalue weighted by atomic mass is 16.5. The molecule has 0 radical (unpaired) electrons. The van der Waals surface area contributed by atoms with Crippen LogP contribution in [0, 0.1) is 13.8 Å². The van der Waals surface area contributed by atoms with Crippen molar-refractivity contribution in [3.8, 4) is 5.75 Å². The summed E-state index contributed by atoms with van der Waals surface area (Å²) in [6.45, 7) is 5.37. The second-order valence-corrected chi connectivity index (χ2v) is 4.91. The molecule has 0 amide bonds. The summed E-state index contributed by atoms with van der Waals surface area (Å²) in [5, 5.41) is 15.6. The van der Waals surface area contributed by atoms with Crippen LogP contribution < -0.4 is 15.4 Å². The smallest absolute Gasteiger partial charge is 0.322 e. The Balaban J connectivity index is 2.46. The molecule has 1 aromatic carbocycles. The first kappa shape index (κ1) is 13.8. The van der Waals surface area contributed by atoms with Crippen molar-refractivity contribution in [1.29, 1.82) is 0 Å². The predicted octanol–water partition coefficient (Wildman–Crippen LogP) is 0.999. The highest BCUT2D eigenvalue weighted by Crippen LogP contribution is 2.32. The van der Waals surface area contributed by atoms with Crippen LogP contribution in [0.25, 0.3) is 0 Å². The minimum Gasteiger partial charge on any atom is -0.496 e. The fraction of sp³-hybridized carbons (Fsp3) is 0.500. The summed E-state index contributed by atoms with van der Waals surface area (Å²) in [7, 11) is 1.62. The number of piperazine rings is 1. The average Bonchev–Trinajstić information content (AvgIpc) is 2.37. The summed E-state index contributed by atoms with van der Waals surface area (Å²) < 4.78 is 5.45. The van der Waals surface area contributed by atoms with E-state index in [2.05, 4.69) is 10.6 Å². The number of aliphatic carboxylic acids is 1. The lowest BCUT2D eigenvalue weighted by Crippen LogP contribution is -2.54. The molecule has 0 spiro atoms. The zero-order chi connectivity index (χ0) is 14.0. The minimum atomic E-state index is -0.849. The third-order valence-electron chi connectivity index (χ3n) is 3.44. The Hall–Kier alpha value is -1.59. The molecule has 1 fully saturated rings. The number of methoxy groups -OCH3 is 1. The van der Waals surface area contributed by atoms with Gasteiger partial charge >= 0.3 is 5.97 Å². The summed E-state index contributed by atoms with van der Waals surface area (Å²) in [6.07, 6.45) is 0. The SMILES string of the molecule is COc1c(C)cc(C)cc1C1NCCNC1C(=O)O. The standard InChI is InChI=1S/C14H20N2O3/c1-8-6-9(2)13(19-3)10(7-8)11-12(14(17)18)16-5-4-15-11/h6-7,11-12,15-16H,4-5H2,1-3H3,(H,17,18).